The third-order valence-electron chi connectivity index (χ3n) is 1.98. The molecule has 0 aliphatic heterocycles. The third-order valence-corrected chi connectivity index (χ3v) is 2.20. The van der Waals surface area contributed by atoms with E-state index in [1.807, 2.05) is 6.92 Å². The average Bonchev–Trinajstić information content (AvgIpc) is 2.17. The van der Waals surface area contributed by atoms with E-state index in [1.165, 1.54) is 6.20 Å². The quantitative estimate of drug-likeness (QED) is 0.751. The SMILES string of the molecule is CN=C(C)C(=CN)c1cc(Cl)cc(N)n1. The molecule has 0 saturated carbocycles. The number of rotatable bonds is 2. The van der Waals surface area contributed by atoms with Gasteiger partial charge in [-0.2, -0.15) is 0 Å². The van der Waals surface area contributed by atoms with Crippen LogP contribution in [0.2, 0.25) is 5.02 Å². The number of aliphatic imine (C=N–C) groups is 1. The third kappa shape index (κ3) is 2.70. The fourth-order valence-corrected chi connectivity index (χ4v) is 1.38. The van der Waals surface area contributed by atoms with Crippen LogP contribution < -0.4 is 11.5 Å². The van der Waals surface area contributed by atoms with Gasteiger partial charge in [0, 0.05) is 29.6 Å². The Hall–Kier alpha value is -1.55. The Labute approximate surface area is 93.7 Å². The van der Waals surface area contributed by atoms with Crippen molar-refractivity contribution in [3.63, 3.8) is 0 Å². The lowest BCUT2D eigenvalue weighted by Gasteiger charge is -2.06. The Morgan fingerprint density at radius 3 is 2.67 bits per heavy atom. The zero-order valence-electron chi connectivity index (χ0n) is 8.66. The van der Waals surface area contributed by atoms with Crippen LogP contribution in [-0.4, -0.2) is 17.7 Å². The van der Waals surface area contributed by atoms with E-state index >= 15 is 0 Å². The van der Waals surface area contributed by atoms with Crippen LogP contribution in [0.25, 0.3) is 5.57 Å². The second-order valence-corrected chi connectivity index (χ2v) is 3.42. The van der Waals surface area contributed by atoms with Crippen molar-refractivity contribution in [3.05, 3.63) is 29.0 Å². The maximum Gasteiger partial charge on any atom is 0.125 e. The first-order valence-electron chi connectivity index (χ1n) is 4.37. The van der Waals surface area contributed by atoms with Gasteiger partial charge in [0.05, 0.1) is 5.69 Å². The summed E-state index contributed by atoms with van der Waals surface area (Å²) in [5, 5.41) is 0.528. The number of nitrogens with zero attached hydrogens (tertiary/aromatic N) is 2. The maximum atomic E-state index is 5.87. The number of aromatic nitrogens is 1. The van der Waals surface area contributed by atoms with Crippen LogP contribution in [0.4, 0.5) is 5.82 Å². The molecule has 4 N–H and O–H groups in total. The number of allylic oxidation sites excluding steroid dienone is 1. The fourth-order valence-electron chi connectivity index (χ4n) is 1.17. The Morgan fingerprint density at radius 1 is 1.53 bits per heavy atom. The molecule has 0 atom stereocenters. The molecule has 0 saturated heterocycles. The number of pyridine rings is 1. The van der Waals surface area contributed by atoms with E-state index in [0.717, 1.165) is 11.3 Å². The molecule has 5 heteroatoms. The largest absolute Gasteiger partial charge is 0.404 e. The van der Waals surface area contributed by atoms with Crippen molar-refractivity contribution in [2.24, 2.45) is 10.7 Å². The Morgan fingerprint density at radius 2 is 2.20 bits per heavy atom. The molecular weight excluding hydrogens is 212 g/mol. The number of nitrogens with two attached hydrogens (primary N) is 2. The molecule has 0 aromatic carbocycles. The van der Waals surface area contributed by atoms with Crippen LogP contribution in [0.15, 0.2) is 23.3 Å². The molecule has 0 spiro atoms. The van der Waals surface area contributed by atoms with Crippen molar-refractivity contribution in [2.75, 3.05) is 12.8 Å². The minimum absolute atomic E-state index is 0.362. The number of anilines is 1. The molecular formula is C10H13ClN4. The molecule has 1 heterocycles. The van der Waals surface area contributed by atoms with E-state index in [9.17, 15) is 0 Å². The number of halogens is 1. The summed E-state index contributed by atoms with van der Waals surface area (Å²) < 4.78 is 0. The van der Waals surface area contributed by atoms with Gasteiger partial charge in [0.25, 0.3) is 0 Å². The van der Waals surface area contributed by atoms with Crippen molar-refractivity contribution < 1.29 is 0 Å². The number of nitrogen functional groups attached to an aromatic ring is 1. The van der Waals surface area contributed by atoms with Crippen molar-refractivity contribution in [1.29, 1.82) is 0 Å². The van der Waals surface area contributed by atoms with Crippen LogP contribution in [0.3, 0.4) is 0 Å². The number of hydrogen-bond acceptors (Lipinski definition) is 4. The standard InChI is InChI=1S/C10H13ClN4/c1-6(14-2)8(5-12)9-3-7(11)4-10(13)15-9/h3-5H,12H2,1-2H3,(H2,13,15). The van der Waals surface area contributed by atoms with Crippen molar-refractivity contribution in [3.8, 4) is 0 Å². The zero-order valence-corrected chi connectivity index (χ0v) is 9.42. The highest BCUT2D eigenvalue weighted by molar-refractivity contribution is 6.31. The number of hydrogen-bond donors (Lipinski definition) is 2. The predicted molar refractivity (Wildman–Crippen MR) is 64.9 cm³/mol. The first-order chi connectivity index (χ1) is 7.08. The monoisotopic (exact) mass is 224 g/mol. The molecule has 1 aromatic rings. The van der Waals surface area contributed by atoms with Gasteiger partial charge >= 0.3 is 0 Å². The Kier molecular flexibility index (Phi) is 3.68. The van der Waals surface area contributed by atoms with Crippen LogP contribution in [-0.2, 0) is 0 Å². The van der Waals surface area contributed by atoms with Crippen molar-refractivity contribution in [2.45, 2.75) is 6.92 Å². The topological polar surface area (TPSA) is 77.3 Å². The van der Waals surface area contributed by atoms with Gasteiger partial charge < -0.3 is 11.5 Å². The van der Waals surface area contributed by atoms with E-state index in [2.05, 4.69) is 9.98 Å². The smallest absolute Gasteiger partial charge is 0.125 e. The first kappa shape index (κ1) is 11.5. The molecule has 80 valence electrons. The van der Waals surface area contributed by atoms with Gasteiger partial charge in [-0.15, -0.1) is 0 Å². The highest BCUT2D eigenvalue weighted by atomic mass is 35.5. The van der Waals surface area contributed by atoms with Crippen LogP contribution >= 0.6 is 11.6 Å². The summed E-state index contributed by atoms with van der Waals surface area (Å²) in [6, 6.07) is 3.28. The highest BCUT2D eigenvalue weighted by Crippen LogP contribution is 2.19. The summed E-state index contributed by atoms with van der Waals surface area (Å²) in [4.78, 5) is 8.18. The molecule has 1 rings (SSSR count). The molecule has 0 bridgehead atoms. The second kappa shape index (κ2) is 4.79. The molecule has 4 nitrogen and oxygen atoms in total. The molecule has 0 radical (unpaired) electrons. The van der Waals surface area contributed by atoms with Gasteiger partial charge in [0.2, 0.25) is 0 Å². The summed E-state index contributed by atoms with van der Waals surface area (Å²) in [7, 11) is 1.69. The summed E-state index contributed by atoms with van der Waals surface area (Å²) in [6.45, 7) is 1.84. The van der Waals surface area contributed by atoms with Gasteiger partial charge in [-0.3, -0.25) is 4.99 Å². The second-order valence-electron chi connectivity index (χ2n) is 2.98. The minimum Gasteiger partial charge on any atom is -0.404 e. The summed E-state index contributed by atoms with van der Waals surface area (Å²) >= 11 is 5.87. The molecule has 15 heavy (non-hydrogen) atoms. The Bertz CT molecular complexity index is 403. The molecule has 0 amide bonds. The van der Waals surface area contributed by atoms with Gasteiger partial charge in [-0.05, 0) is 19.1 Å². The lowest BCUT2D eigenvalue weighted by molar-refractivity contribution is 1.28. The van der Waals surface area contributed by atoms with Crippen molar-refractivity contribution >= 4 is 28.7 Å². The van der Waals surface area contributed by atoms with E-state index in [-0.39, 0.29) is 0 Å². The van der Waals surface area contributed by atoms with Crippen LogP contribution in [0.1, 0.15) is 12.6 Å². The summed E-state index contributed by atoms with van der Waals surface area (Å²) in [6.07, 6.45) is 1.44. The van der Waals surface area contributed by atoms with Gasteiger partial charge in [-0.1, -0.05) is 11.6 Å². The van der Waals surface area contributed by atoms with E-state index in [0.29, 0.717) is 16.5 Å². The predicted octanol–water partition coefficient (Wildman–Crippen LogP) is 1.71. The Balaban J connectivity index is 3.25. The summed E-state index contributed by atoms with van der Waals surface area (Å²) in [5.74, 6) is 0.362. The van der Waals surface area contributed by atoms with Gasteiger partial charge in [0.1, 0.15) is 5.82 Å². The molecule has 1 aromatic heterocycles. The maximum absolute atomic E-state index is 5.87. The molecule has 0 unspecified atom stereocenters. The fraction of sp³-hybridized carbons (Fsp3) is 0.200. The molecule has 0 aliphatic rings. The lowest BCUT2D eigenvalue weighted by atomic mass is 10.1. The van der Waals surface area contributed by atoms with Gasteiger partial charge in [0.15, 0.2) is 0 Å². The highest BCUT2D eigenvalue weighted by Gasteiger charge is 2.07. The minimum atomic E-state index is 0.362. The molecule has 0 aliphatic carbocycles. The normalized spacial score (nSPS) is 13.0. The van der Waals surface area contributed by atoms with Crippen LogP contribution in [0.5, 0.6) is 0 Å². The zero-order chi connectivity index (χ0) is 11.4. The van der Waals surface area contributed by atoms with Gasteiger partial charge in [-0.25, -0.2) is 4.98 Å². The summed E-state index contributed by atoms with van der Waals surface area (Å²) in [5.41, 5.74) is 13.2. The van der Waals surface area contributed by atoms with E-state index in [1.54, 1.807) is 19.2 Å². The van der Waals surface area contributed by atoms with Crippen LogP contribution in [0, 0.1) is 0 Å². The van der Waals surface area contributed by atoms with E-state index in [4.69, 9.17) is 23.1 Å². The van der Waals surface area contributed by atoms with Crippen molar-refractivity contribution in [1.82, 2.24) is 4.98 Å². The average molecular weight is 225 g/mol. The lowest BCUT2D eigenvalue weighted by Crippen LogP contribution is -2.04. The van der Waals surface area contributed by atoms with E-state index < -0.39 is 0 Å². The molecule has 0 fully saturated rings. The first-order valence-corrected chi connectivity index (χ1v) is 4.75.